The summed E-state index contributed by atoms with van der Waals surface area (Å²) in [5.74, 6) is -0.874. The zero-order valence-corrected chi connectivity index (χ0v) is 15.4. The van der Waals surface area contributed by atoms with E-state index in [1.807, 2.05) is 0 Å². The molecule has 3 rings (SSSR count). The molecule has 0 unspecified atom stereocenters. The van der Waals surface area contributed by atoms with Gasteiger partial charge in [0.25, 0.3) is 5.91 Å². The van der Waals surface area contributed by atoms with Gasteiger partial charge < -0.3 is 19.7 Å². The first-order valence-electron chi connectivity index (χ1n) is 9.36. The lowest BCUT2D eigenvalue weighted by molar-refractivity contribution is -0.144. The van der Waals surface area contributed by atoms with Crippen LogP contribution in [-0.2, 0) is 14.3 Å². The van der Waals surface area contributed by atoms with Crippen molar-refractivity contribution in [3.63, 3.8) is 0 Å². The van der Waals surface area contributed by atoms with E-state index in [4.69, 9.17) is 9.47 Å². The minimum atomic E-state index is -0.497. The first kappa shape index (κ1) is 19.6. The van der Waals surface area contributed by atoms with Crippen molar-refractivity contribution in [2.75, 3.05) is 59.1 Å². The highest BCUT2D eigenvalue weighted by molar-refractivity contribution is 5.85. The third-order valence-electron chi connectivity index (χ3n) is 4.85. The van der Waals surface area contributed by atoms with Crippen molar-refractivity contribution in [1.29, 1.82) is 0 Å². The Morgan fingerprint density at radius 2 is 1.96 bits per heavy atom. The topological polar surface area (TPSA) is 71.1 Å². The number of nitrogens with one attached hydrogen (secondary N) is 1. The van der Waals surface area contributed by atoms with E-state index >= 15 is 0 Å². The van der Waals surface area contributed by atoms with Crippen LogP contribution >= 0.6 is 0 Å². The number of halogens is 1. The molecule has 0 aliphatic carbocycles. The minimum Gasteiger partial charge on any atom is -0.481 e. The van der Waals surface area contributed by atoms with Gasteiger partial charge in [0, 0.05) is 32.7 Å². The van der Waals surface area contributed by atoms with Crippen molar-refractivity contribution in [2.24, 2.45) is 5.92 Å². The van der Waals surface area contributed by atoms with Gasteiger partial charge in [-0.3, -0.25) is 14.5 Å². The smallest absolute Gasteiger partial charge is 0.260 e. The Kier molecular flexibility index (Phi) is 7.00. The number of rotatable bonds is 8. The summed E-state index contributed by atoms with van der Waals surface area (Å²) >= 11 is 0. The van der Waals surface area contributed by atoms with Crippen molar-refractivity contribution in [3.8, 4) is 5.75 Å². The fraction of sp³-hybridized carbons (Fsp3) is 0.579. The molecule has 8 heteroatoms. The van der Waals surface area contributed by atoms with E-state index in [1.165, 1.54) is 12.1 Å². The number of hydrogen-bond acceptors (Lipinski definition) is 5. The maximum atomic E-state index is 13.5. The Morgan fingerprint density at radius 1 is 1.22 bits per heavy atom. The fourth-order valence-corrected chi connectivity index (χ4v) is 3.12. The first-order valence-corrected chi connectivity index (χ1v) is 9.36. The van der Waals surface area contributed by atoms with Crippen LogP contribution in [0.2, 0.25) is 0 Å². The lowest BCUT2D eigenvalue weighted by atomic mass is 9.99. The molecule has 0 bridgehead atoms. The van der Waals surface area contributed by atoms with Gasteiger partial charge in [0.2, 0.25) is 5.91 Å². The molecular formula is C19H26FN3O4. The van der Waals surface area contributed by atoms with Gasteiger partial charge in [0.15, 0.2) is 18.2 Å². The summed E-state index contributed by atoms with van der Waals surface area (Å²) in [4.78, 5) is 28.0. The van der Waals surface area contributed by atoms with Gasteiger partial charge in [-0.2, -0.15) is 0 Å². The number of hydrogen-bond donors (Lipinski definition) is 1. The van der Waals surface area contributed by atoms with Crippen molar-refractivity contribution in [1.82, 2.24) is 15.1 Å². The van der Waals surface area contributed by atoms with Crippen LogP contribution in [0.4, 0.5) is 4.39 Å². The van der Waals surface area contributed by atoms with Gasteiger partial charge in [-0.25, -0.2) is 4.39 Å². The Hall–Kier alpha value is -2.19. The zero-order valence-electron chi connectivity index (χ0n) is 15.4. The summed E-state index contributed by atoms with van der Waals surface area (Å²) in [6.45, 7) is 5.57. The third kappa shape index (κ3) is 5.64. The third-order valence-corrected chi connectivity index (χ3v) is 4.85. The summed E-state index contributed by atoms with van der Waals surface area (Å²) in [6, 6.07) is 5.96. The van der Waals surface area contributed by atoms with Gasteiger partial charge in [-0.05, 0) is 25.1 Å². The van der Waals surface area contributed by atoms with Crippen LogP contribution in [0.5, 0.6) is 5.75 Å². The lowest BCUT2D eigenvalue weighted by Crippen LogP contribution is -2.56. The number of nitrogens with zero attached hydrogens (tertiary/aromatic N) is 2. The van der Waals surface area contributed by atoms with Crippen LogP contribution in [0, 0.1) is 11.7 Å². The zero-order chi connectivity index (χ0) is 19.1. The number of benzene rings is 1. The van der Waals surface area contributed by atoms with E-state index in [0.29, 0.717) is 19.6 Å². The largest absolute Gasteiger partial charge is 0.481 e. The molecule has 2 amide bonds. The van der Waals surface area contributed by atoms with E-state index < -0.39 is 5.82 Å². The molecule has 1 aromatic rings. The van der Waals surface area contributed by atoms with E-state index in [-0.39, 0.29) is 30.1 Å². The average Bonchev–Trinajstić information content (AvgIpc) is 2.64. The van der Waals surface area contributed by atoms with Gasteiger partial charge in [-0.15, -0.1) is 0 Å². The lowest BCUT2D eigenvalue weighted by Gasteiger charge is -2.38. The standard InChI is InChI=1S/C19H26FN3O4/c20-16-4-1-2-5-17(16)27-14-18(24)23-12-15(13-23)19(25)21-6-3-7-22-8-10-26-11-9-22/h1-2,4-5,15H,3,6-14H2,(H,21,25). The number of carbonyl (C=O) groups is 2. The highest BCUT2D eigenvalue weighted by Gasteiger charge is 2.35. The van der Waals surface area contributed by atoms with Gasteiger partial charge in [0.1, 0.15) is 0 Å². The van der Waals surface area contributed by atoms with E-state index in [9.17, 15) is 14.0 Å². The number of likely N-dealkylation sites (tertiary alicyclic amines) is 1. The van der Waals surface area contributed by atoms with Gasteiger partial charge in [0.05, 0.1) is 19.1 Å². The average molecular weight is 379 g/mol. The summed E-state index contributed by atoms with van der Waals surface area (Å²) in [7, 11) is 0. The van der Waals surface area contributed by atoms with E-state index in [2.05, 4.69) is 10.2 Å². The molecule has 0 atom stereocenters. The second kappa shape index (κ2) is 9.66. The van der Waals surface area contributed by atoms with Crippen LogP contribution in [0.3, 0.4) is 0 Å². The quantitative estimate of drug-likeness (QED) is 0.666. The molecule has 7 nitrogen and oxygen atoms in total. The summed E-state index contributed by atoms with van der Waals surface area (Å²) in [5.41, 5.74) is 0. The van der Waals surface area contributed by atoms with Crippen LogP contribution < -0.4 is 10.1 Å². The fourth-order valence-electron chi connectivity index (χ4n) is 3.12. The highest BCUT2D eigenvalue weighted by Crippen LogP contribution is 2.18. The van der Waals surface area contributed by atoms with Gasteiger partial charge in [-0.1, -0.05) is 12.1 Å². The minimum absolute atomic E-state index is 0.0175. The van der Waals surface area contributed by atoms with E-state index in [0.717, 1.165) is 39.3 Å². The molecular weight excluding hydrogens is 353 g/mol. The molecule has 27 heavy (non-hydrogen) atoms. The van der Waals surface area contributed by atoms with Crippen LogP contribution in [0.25, 0.3) is 0 Å². The van der Waals surface area contributed by atoms with Gasteiger partial charge >= 0.3 is 0 Å². The predicted octanol–water partition coefficient (Wildman–Crippen LogP) is 0.501. The molecule has 2 fully saturated rings. The Bertz CT molecular complexity index is 646. The molecule has 0 radical (unpaired) electrons. The maximum absolute atomic E-state index is 13.5. The van der Waals surface area contributed by atoms with Crippen molar-refractivity contribution in [2.45, 2.75) is 6.42 Å². The van der Waals surface area contributed by atoms with Crippen LogP contribution in [-0.4, -0.2) is 80.7 Å². The summed E-state index contributed by atoms with van der Waals surface area (Å²) < 4.78 is 24.0. The second-order valence-electron chi connectivity index (χ2n) is 6.81. The Morgan fingerprint density at radius 3 is 2.70 bits per heavy atom. The molecule has 0 spiro atoms. The molecule has 0 aromatic heterocycles. The SMILES string of the molecule is O=C(NCCCN1CCOCC1)C1CN(C(=O)COc2ccccc2F)C1. The molecule has 2 aliphatic heterocycles. The monoisotopic (exact) mass is 379 g/mol. The summed E-state index contributed by atoms with van der Waals surface area (Å²) in [6.07, 6.45) is 0.900. The Balaban J connectivity index is 1.27. The number of para-hydroxylation sites is 1. The first-order chi connectivity index (χ1) is 13.1. The number of ether oxygens (including phenoxy) is 2. The molecule has 2 heterocycles. The molecule has 1 N–H and O–H groups in total. The molecule has 2 saturated heterocycles. The second-order valence-corrected chi connectivity index (χ2v) is 6.81. The van der Waals surface area contributed by atoms with Crippen molar-refractivity contribution in [3.05, 3.63) is 30.1 Å². The number of amides is 2. The summed E-state index contributed by atoms with van der Waals surface area (Å²) in [5, 5.41) is 2.93. The molecule has 148 valence electrons. The molecule has 1 aromatic carbocycles. The molecule has 2 aliphatic rings. The van der Waals surface area contributed by atoms with E-state index in [1.54, 1.807) is 17.0 Å². The highest BCUT2D eigenvalue weighted by atomic mass is 19.1. The number of carbonyl (C=O) groups excluding carboxylic acids is 2. The number of morpholine rings is 1. The molecule has 0 saturated carbocycles. The van der Waals surface area contributed by atoms with Crippen molar-refractivity contribution >= 4 is 11.8 Å². The predicted molar refractivity (Wildman–Crippen MR) is 96.9 cm³/mol. The Labute approximate surface area is 158 Å². The maximum Gasteiger partial charge on any atom is 0.260 e. The van der Waals surface area contributed by atoms with Crippen LogP contribution in [0.1, 0.15) is 6.42 Å². The normalized spacial score (nSPS) is 18.0. The van der Waals surface area contributed by atoms with Crippen molar-refractivity contribution < 1.29 is 23.5 Å². The van der Waals surface area contributed by atoms with Crippen LogP contribution in [0.15, 0.2) is 24.3 Å².